The van der Waals surface area contributed by atoms with Gasteiger partial charge in [-0.05, 0) is 30.5 Å². The van der Waals surface area contributed by atoms with Crippen molar-refractivity contribution in [3.8, 4) is 5.75 Å². The Morgan fingerprint density at radius 1 is 1.24 bits per heavy atom. The van der Waals surface area contributed by atoms with Crippen molar-refractivity contribution < 1.29 is 9.84 Å². The molecule has 2 heterocycles. The number of nitrogens with zero attached hydrogens (tertiary/aromatic N) is 4. The van der Waals surface area contributed by atoms with E-state index in [1.165, 1.54) is 12.8 Å². The quantitative estimate of drug-likeness (QED) is 0.687. The maximum atomic E-state index is 9.76. The molecule has 1 saturated carbocycles. The van der Waals surface area contributed by atoms with Gasteiger partial charge in [-0.25, -0.2) is 15.0 Å². The number of aromatic nitrogens is 4. The van der Waals surface area contributed by atoms with E-state index in [0.717, 1.165) is 22.5 Å². The molecule has 1 aliphatic carbocycles. The van der Waals surface area contributed by atoms with Crippen LogP contribution in [0, 0.1) is 0 Å². The standard InChI is InChI=1S/C18H21N5O2/c1-25-15-6-2-12(3-7-15)13(9-24)8-19-17-16-18(21-10-20-17)23(11-22-16)14-4-5-14/h2-3,6-7,10-11,13-14,24H,4-5,8-9H2,1H3,(H,19,20,21). The van der Waals surface area contributed by atoms with Crippen LogP contribution in [0.3, 0.4) is 0 Å². The SMILES string of the molecule is COc1ccc(C(CO)CNc2ncnc3c2ncn3C2CC2)cc1. The van der Waals surface area contributed by atoms with Crippen LogP contribution in [-0.4, -0.2) is 44.9 Å². The van der Waals surface area contributed by atoms with Crippen molar-refractivity contribution in [2.75, 3.05) is 25.6 Å². The van der Waals surface area contributed by atoms with Gasteiger partial charge in [0.25, 0.3) is 0 Å². The highest BCUT2D eigenvalue weighted by molar-refractivity contribution is 5.82. The summed E-state index contributed by atoms with van der Waals surface area (Å²) in [5, 5.41) is 13.1. The number of hydrogen-bond donors (Lipinski definition) is 2. The van der Waals surface area contributed by atoms with Crippen molar-refractivity contribution in [1.29, 1.82) is 0 Å². The Kier molecular flexibility index (Phi) is 4.23. The second kappa shape index (κ2) is 6.68. The fourth-order valence-corrected chi connectivity index (χ4v) is 2.98. The van der Waals surface area contributed by atoms with Crippen molar-refractivity contribution in [3.05, 3.63) is 42.5 Å². The summed E-state index contributed by atoms with van der Waals surface area (Å²) in [6, 6.07) is 8.27. The normalized spacial score (nSPS) is 15.3. The molecule has 3 aromatic rings. The maximum Gasteiger partial charge on any atom is 0.165 e. The number of benzene rings is 1. The predicted molar refractivity (Wildman–Crippen MR) is 94.9 cm³/mol. The first-order valence-corrected chi connectivity index (χ1v) is 8.46. The number of hydrogen-bond acceptors (Lipinski definition) is 6. The molecule has 0 bridgehead atoms. The lowest BCUT2D eigenvalue weighted by Crippen LogP contribution is -2.17. The third kappa shape index (κ3) is 3.15. The van der Waals surface area contributed by atoms with E-state index >= 15 is 0 Å². The lowest BCUT2D eigenvalue weighted by molar-refractivity contribution is 0.270. The molecule has 0 spiro atoms. The Balaban J connectivity index is 1.52. The molecule has 0 radical (unpaired) electrons. The lowest BCUT2D eigenvalue weighted by atomic mass is 10.00. The van der Waals surface area contributed by atoms with Crippen molar-refractivity contribution in [2.45, 2.75) is 24.8 Å². The minimum absolute atomic E-state index is 0.0403. The third-order valence-electron chi connectivity index (χ3n) is 4.62. The van der Waals surface area contributed by atoms with Gasteiger partial charge in [-0.15, -0.1) is 0 Å². The molecule has 25 heavy (non-hydrogen) atoms. The van der Waals surface area contributed by atoms with Gasteiger partial charge in [-0.1, -0.05) is 12.1 Å². The summed E-state index contributed by atoms with van der Waals surface area (Å²) in [6.45, 7) is 0.606. The zero-order valence-corrected chi connectivity index (χ0v) is 14.1. The highest BCUT2D eigenvalue weighted by atomic mass is 16.5. The highest BCUT2D eigenvalue weighted by Gasteiger charge is 2.26. The van der Waals surface area contributed by atoms with E-state index in [1.807, 2.05) is 30.6 Å². The Morgan fingerprint density at radius 2 is 2.04 bits per heavy atom. The number of rotatable bonds is 7. The molecule has 1 unspecified atom stereocenters. The van der Waals surface area contributed by atoms with Crippen molar-refractivity contribution in [3.63, 3.8) is 0 Å². The van der Waals surface area contributed by atoms with E-state index < -0.39 is 0 Å². The number of ether oxygens (including phenoxy) is 1. The van der Waals surface area contributed by atoms with E-state index in [1.54, 1.807) is 13.4 Å². The zero-order valence-electron chi connectivity index (χ0n) is 14.1. The number of imidazole rings is 1. The van der Waals surface area contributed by atoms with Crippen molar-refractivity contribution >= 4 is 17.0 Å². The molecule has 1 atom stereocenters. The molecule has 4 rings (SSSR count). The minimum atomic E-state index is -0.0403. The molecule has 1 aliphatic rings. The minimum Gasteiger partial charge on any atom is -0.497 e. The Labute approximate surface area is 145 Å². The summed E-state index contributed by atoms with van der Waals surface area (Å²) in [4.78, 5) is 13.2. The molecule has 1 fully saturated rings. The van der Waals surface area contributed by atoms with Gasteiger partial charge in [0.2, 0.25) is 0 Å². The van der Waals surface area contributed by atoms with Crippen LogP contribution in [-0.2, 0) is 0 Å². The number of fused-ring (bicyclic) bond motifs is 1. The lowest BCUT2D eigenvalue weighted by Gasteiger charge is -2.16. The van der Waals surface area contributed by atoms with Crippen molar-refractivity contribution in [1.82, 2.24) is 19.5 Å². The summed E-state index contributed by atoms with van der Waals surface area (Å²) < 4.78 is 7.30. The summed E-state index contributed by atoms with van der Waals surface area (Å²) >= 11 is 0. The van der Waals surface area contributed by atoms with E-state index in [9.17, 15) is 5.11 Å². The number of nitrogens with one attached hydrogen (secondary N) is 1. The summed E-state index contributed by atoms with van der Waals surface area (Å²) in [6.07, 6.45) is 5.77. The van der Waals surface area contributed by atoms with E-state index in [0.29, 0.717) is 18.4 Å². The van der Waals surface area contributed by atoms with E-state index in [4.69, 9.17) is 4.74 Å². The van der Waals surface area contributed by atoms with Crippen LogP contribution in [0.4, 0.5) is 5.82 Å². The molecular weight excluding hydrogens is 318 g/mol. The van der Waals surface area contributed by atoms with Crippen LogP contribution in [0.5, 0.6) is 5.75 Å². The molecule has 1 aromatic carbocycles. The van der Waals surface area contributed by atoms with Crippen LogP contribution in [0.25, 0.3) is 11.2 Å². The topological polar surface area (TPSA) is 85.1 Å². The first-order valence-electron chi connectivity index (χ1n) is 8.46. The predicted octanol–water partition coefficient (Wildman–Crippen LogP) is 2.36. The molecule has 0 saturated heterocycles. The Hall–Kier alpha value is -2.67. The zero-order chi connectivity index (χ0) is 17.2. The van der Waals surface area contributed by atoms with E-state index in [2.05, 4.69) is 24.8 Å². The number of aliphatic hydroxyl groups is 1. The van der Waals surface area contributed by atoms with Gasteiger partial charge in [0.05, 0.1) is 20.0 Å². The van der Waals surface area contributed by atoms with Crippen LogP contribution in [0.2, 0.25) is 0 Å². The summed E-state index contributed by atoms with van der Waals surface area (Å²) in [5.41, 5.74) is 2.69. The average molecular weight is 339 g/mol. The molecule has 0 aliphatic heterocycles. The number of anilines is 1. The monoisotopic (exact) mass is 339 g/mol. The van der Waals surface area contributed by atoms with Gasteiger partial charge in [0.15, 0.2) is 11.5 Å². The largest absolute Gasteiger partial charge is 0.497 e. The smallest absolute Gasteiger partial charge is 0.165 e. The first kappa shape index (κ1) is 15.8. The molecular formula is C18H21N5O2. The highest BCUT2D eigenvalue weighted by Crippen LogP contribution is 2.37. The Morgan fingerprint density at radius 3 is 2.72 bits per heavy atom. The average Bonchev–Trinajstić information content (AvgIpc) is 3.41. The van der Waals surface area contributed by atoms with Crippen LogP contribution >= 0.6 is 0 Å². The molecule has 2 N–H and O–H groups in total. The van der Waals surface area contributed by atoms with Crippen molar-refractivity contribution in [2.24, 2.45) is 0 Å². The van der Waals surface area contributed by atoms with Gasteiger partial charge in [0, 0.05) is 18.5 Å². The number of aliphatic hydroxyl groups excluding tert-OH is 1. The van der Waals surface area contributed by atoms with Gasteiger partial charge < -0.3 is 19.7 Å². The maximum absolute atomic E-state index is 9.76. The van der Waals surface area contributed by atoms with Crippen LogP contribution in [0.15, 0.2) is 36.9 Å². The molecule has 7 nitrogen and oxygen atoms in total. The molecule has 2 aromatic heterocycles. The summed E-state index contributed by atoms with van der Waals surface area (Å²) in [7, 11) is 1.64. The Bertz CT molecular complexity index is 858. The molecule has 0 amide bonds. The fraction of sp³-hybridized carbons (Fsp3) is 0.389. The van der Waals surface area contributed by atoms with Gasteiger partial charge in [0.1, 0.15) is 17.6 Å². The molecule has 7 heteroatoms. The van der Waals surface area contributed by atoms with E-state index in [-0.39, 0.29) is 12.5 Å². The summed E-state index contributed by atoms with van der Waals surface area (Å²) in [5.74, 6) is 1.47. The van der Waals surface area contributed by atoms with Gasteiger partial charge in [-0.3, -0.25) is 0 Å². The number of methoxy groups -OCH3 is 1. The second-order valence-corrected chi connectivity index (χ2v) is 6.31. The van der Waals surface area contributed by atoms with Gasteiger partial charge >= 0.3 is 0 Å². The fourth-order valence-electron chi connectivity index (χ4n) is 2.98. The van der Waals surface area contributed by atoms with Crippen LogP contribution < -0.4 is 10.1 Å². The van der Waals surface area contributed by atoms with Crippen LogP contribution in [0.1, 0.15) is 30.4 Å². The first-order chi connectivity index (χ1) is 12.3. The molecule has 130 valence electrons. The second-order valence-electron chi connectivity index (χ2n) is 6.31. The third-order valence-corrected chi connectivity index (χ3v) is 4.62. The van der Waals surface area contributed by atoms with Gasteiger partial charge in [-0.2, -0.15) is 0 Å².